The summed E-state index contributed by atoms with van der Waals surface area (Å²) < 4.78 is 5.23. The van der Waals surface area contributed by atoms with Crippen LogP contribution < -0.4 is 5.32 Å². The number of aromatic carboxylic acids is 1. The summed E-state index contributed by atoms with van der Waals surface area (Å²) in [6, 6.07) is 8.59. The van der Waals surface area contributed by atoms with Crippen LogP contribution in [0.4, 0.5) is 0 Å². The number of carboxylic acids is 1. The maximum Gasteiger partial charge on any atom is 0.339 e. The minimum atomic E-state index is -1.03. The molecule has 0 saturated heterocycles. The largest absolute Gasteiger partial charge is 0.478 e. The Bertz CT molecular complexity index is 743. The number of nitrogens with one attached hydrogen (secondary N) is 1. The lowest BCUT2D eigenvalue weighted by Crippen LogP contribution is -2.25. The summed E-state index contributed by atoms with van der Waals surface area (Å²) in [6.45, 7) is 2.42. The van der Waals surface area contributed by atoms with Gasteiger partial charge in [-0.2, -0.15) is 0 Å². The van der Waals surface area contributed by atoms with Crippen LogP contribution in [0.25, 0.3) is 0 Å². The summed E-state index contributed by atoms with van der Waals surface area (Å²) in [4.78, 5) is 24.3. The first-order valence-corrected chi connectivity index (χ1v) is 9.49. The summed E-state index contributed by atoms with van der Waals surface area (Å²) in [7, 11) is 0. The molecule has 2 rings (SSSR count). The number of carboxylic acid groups (broad SMARTS) is 1. The van der Waals surface area contributed by atoms with Crippen molar-refractivity contribution in [3.8, 4) is 0 Å². The number of benzene rings is 1. The molecule has 1 heterocycles. The maximum atomic E-state index is 12.4. The van der Waals surface area contributed by atoms with E-state index in [1.54, 1.807) is 12.1 Å². The number of furan rings is 1. The average Bonchev–Trinajstić information content (AvgIpc) is 3.12. The zero-order valence-electron chi connectivity index (χ0n) is 14.6. The van der Waals surface area contributed by atoms with Crippen LogP contribution in [0.5, 0.6) is 0 Å². The summed E-state index contributed by atoms with van der Waals surface area (Å²) in [5.74, 6) is -0.528. The molecule has 1 amide bonds. The minimum absolute atomic E-state index is 0.133. The normalized spacial score (nSPS) is 11.9. The van der Waals surface area contributed by atoms with Gasteiger partial charge in [-0.3, -0.25) is 4.79 Å². The van der Waals surface area contributed by atoms with E-state index in [0.717, 1.165) is 4.90 Å². The Kier molecular flexibility index (Phi) is 7.74. The number of amides is 1. The summed E-state index contributed by atoms with van der Waals surface area (Å²) >= 11 is 1.35. The number of carbonyl (C=O) groups excluding carboxylic acids is 1. The van der Waals surface area contributed by atoms with Gasteiger partial charge in [-0.05, 0) is 37.5 Å². The molecule has 0 aliphatic rings. The molecule has 7 heteroatoms. The molecule has 2 aromatic rings. The van der Waals surface area contributed by atoms with Crippen LogP contribution in [-0.4, -0.2) is 34.7 Å². The van der Waals surface area contributed by atoms with Gasteiger partial charge >= 0.3 is 5.97 Å². The van der Waals surface area contributed by atoms with Crippen LogP contribution >= 0.6 is 11.8 Å². The Morgan fingerprint density at radius 1 is 1.23 bits per heavy atom. The van der Waals surface area contributed by atoms with Gasteiger partial charge in [0.1, 0.15) is 11.3 Å². The van der Waals surface area contributed by atoms with Crippen molar-refractivity contribution in [1.82, 2.24) is 5.32 Å². The minimum Gasteiger partial charge on any atom is -0.478 e. The lowest BCUT2D eigenvalue weighted by Gasteiger charge is -2.11. The topological polar surface area (TPSA) is 99.8 Å². The highest BCUT2D eigenvalue weighted by atomic mass is 32.2. The van der Waals surface area contributed by atoms with Crippen molar-refractivity contribution in [3.05, 3.63) is 53.5 Å². The smallest absolute Gasteiger partial charge is 0.339 e. The highest BCUT2D eigenvalue weighted by Gasteiger charge is 2.16. The molecule has 1 aromatic heterocycles. The van der Waals surface area contributed by atoms with E-state index < -0.39 is 5.97 Å². The predicted octanol–water partition coefficient (Wildman–Crippen LogP) is 3.55. The number of carbonyl (C=O) groups is 2. The monoisotopic (exact) mass is 377 g/mol. The van der Waals surface area contributed by atoms with Crippen LogP contribution in [0.1, 0.15) is 52.7 Å². The fourth-order valence-corrected chi connectivity index (χ4v) is 3.41. The highest BCUT2D eigenvalue weighted by molar-refractivity contribution is 7.98. The van der Waals surface area contributed by atoms with Crippen molar-refractivity contribution in [2.45, 2.75) is 42.9 Å². The van der Waals surface area contributed by atoms with Crippen LogP contribution in [0.3, 0.4) is 0 Å². The van der Waals surface area contributed by atoms with Crippen molar-refractivity contribution in [3.63, 3.8) is 0 Å². The molecular weight excluding hydrogens is 354 g/mol. The number of aliphatic hydroxyl groups excluding tert-OH is 1. The molecule has 1 atom stereocenters. The standard InChI is InChI=1S/C19H23NO5S/c1-2-13(21)6-5-10-20-18(22)15-7-3-4-8-17(15)26-12-16-14(19(23)24)9-11-25-16/h3-4,7-9,11,13,21H,2,5-6,10,12H2,1H3,(H,20,22)(H,23,24). The van der Waals surface area contributed by atoms with Crippen molar-refractivity contribution < 1.29 is 24.2 Å². The highest BCUT2D eigenvalue weighted by Crippen LogP contribution is 2.28. The summed E-state index contributed by atoms with van der Waals surface area (Å²) in [5.41, 5.74) is 0.672. The van der Waals surface area contributed by atoms with E-state index in [-0.39, 0.29) is 17.6 Å². The van der Waals surface area contributed by atoms with Crippen LogP contribution in [-0.2, 0) is 5.75 Å². The van der Waals surface area contributed by atoms with Gasteiger partial charge in [0.15, 0.2) is 0 Å². The molecule has 0 fully saturated rings. The Hall–Kier alpha value is -2.25. The second-order valence-electron chi connectivity index (χ2n) is 5.81. The molecule has 1 unspecified atom stereocenters. The van der Waals surface area contributed by atoms with Gasteiger partial charge in [-0.15, -0.1) is 11.8 Å². The van der Waals surface area contributed by atoms with Crippen molar-refractivity contribution in [1.29, 1.82) is 0 Å². The Labute approximate surface area is 156 Å². The Morgan fingerprint density at radius 3 is 2.73 bits per heavy atom. The van der Waals surface area contributed by atoms with Gasteiger partial charge in [0.2, 0.25) is 0 Å². The molecule has 6 nitrogen and oxygen atoms in total. The van der Waals surface area contributed by atoms with E-state index in [4.69, 9.17) is 9.52 Å². The zero-order valence-corrected chi connectivity index (χ0v) is 15.4. The quantitative estimate of drug-likeness (QED) is 0.432. The number of hydrogen-bond acceptors (Lipinski definition) is 5. The molecule has 0 aliphatic carbocycles. The van der Waals surface area contributed by atoms with Gasteiger partial charge < -0.3 is 19.9 Å². The number of thioether (sulfide) groups is 1. The SMILES string of the molecule is CCC(O)CCCNC(=O)c1ccccc1SCc1occc1C(=O)O. The first-order chi connectivity index (χ1) is 12.5. The number of hydrogen-bond donors (Lipinski definition) is 3. The fraction of sp³-hybridized carbons (Fsp3) is 0.368. The first-order valence-electron chi connectivity index (χ1n) is 8.50. The number of aliphatic hydroxyl groups is 1. The summed E-state index contributed by atoms with van der Waals surface area (Å²) in [6.07, 6.45) is 3.10. The van der Waals surface area contributed by atoms with E-state index >= 15 is 0 Å². The van der Waals surface area contributed by atoms with E-state index in [0.29, 0.717) is 42.9 Å². The molecule has 1 aromatic carbocycles. The molecule has 0 aliphatic heterocycles. The zero-order chi connectivity index (χ0) is 18.9. The molecule has 26 heavy (non-hydrogen) atoms. The third-order valence-electron chi connectivity index (χ3n) is 3.94. The van der Waals surface area contributed by atoms with Gasteiger partial charge in [-0.1, -0.05) is 19.1 Å². The molecule has 0 radical (unpaired) electrons. The van der Waals surface area contributed by atoms with Crippen LogP contribution in [0.2, 0.25) is 0 Å². The van der Waals surface area contributed by atoms with Crippen molar-refractivity contribution in [2.75, 3.05) is 6.54 Å². The van der Waals surface area contributed by atoms with E-state index in [9.17, 15) is 14.7 Å². The second-order valence-corrected chi connectivity index (χ2v) is 6.82. The lowest BCUT2D eigenvalue weighted by molar-refractivity contribution is 0.0694. The Balaban J connectivity index is 1.95. The molecular formula is C19H23NO5S. The third-order valence-corrected chi connectivity index (χ3v) is 5.01. The van der Waals surface area contributed by atoms with Gasteiger partial charge in [-0.25, -0.2) is 4.79 Å². The summed E-state index contributed by atoms with van der Waals surface area (Å²) in [5, 5.41) is 21.5. The first kappa shape index (κ1) is 20.1. The van der Waals surface area contributed by atoms with E-state index in [2.05, 4.69) is 5.32 Å². The molecule has 0 bridgehead atoms. The molecule has 3 N–H and O–H groups in total. The third kappa shape index (κ3) is 5.64. The van der Waals surface area contributed by atoms with Crippen molar-refractivity contribution in [2.24, 2.45) is 0 Å². The lowest BCUT2D eigenvalue weighted by atomic mass is 10.1. The molecule has 0 spiro atoms. The van der Waals surface area contributed by atoms with Gasteiger partial charge in [0.25, 0.3) is 5.91 Å². The predicted molar refractivity (Wildman–Crippen MR) is 99.5 cm³/mol. The number of rotatable bonds is 10. The molecule has 0 saturated carbocycles. The molecule has 140 valence electrons. The average molecular weight is 377 g/mol. The van der Waals surface area contributed by atoms with Crippen LogP contribution in [0.15, 0.2) is 45.9 Å². The second kappa shape index (κ2) is 10.0. The Morgan fingerprint density at radius 2 is 2.00 bits per heavy atom. The van der Waals surface area contributed by atoms with Gasteiger partial charge in [0, 0.05) is 11.4 Å². The van der Waals surface area contributed by atoms with Gasteiger partial charge in [0.05, 0.1) is 23.7 Å². The van der Waals surface area contributed by atoms with E-state index in [1.807, 2.05) is 19.1 Å². The fourth-order valence-electron chi connectivity index (χ4n) is 2.41. The maximum absolute atomic E-state index is 12.4. The van der Waals surface area contributed by atoms with Crippen molar-refractivity contribution >= 4 is 23.6 Å². The van der Waals surface area contributed by atoms with E-state index in [1.165, 1.54) is 24.1 Å². The van der Waals surface area contributed by atoms with Crippen LogP contribution in [0, 0.1) is 0 Å².